The molecular formula is C20H27N2O4. The lowest BCUT2D eigenvalue weighted by atomic mass is 9.79. The second kappa shape index (κ2) is 8.94. The van der Waals surface area contributed by atoms with E-state index in [0.717, 1.165) is 5.56 Å². The van der Waals surface area contributed by atoms with Crippen LogP contribution in [-0.4, -0.2) is 36.4 Å². The summed E-state index contributed by atoms with van der Waals surface area (Å²) < 4.78 is 5.35. The minimum Gasteiger partial charge on any atom is -0.369 e. The first-order valence-electron chi connectivity index (χ1n) is 8.97. The molecule has 1 aliphatic heterocycles. The van der Waals surface area contributed by atoms with Gasteiger partial charge in [-0.15, -0.1) is 0 Å². The first-order valence-corrected chi connectivity index (χ1v) is 8.97. The van der Waals surface area contributed by atoms with E-state index in [1.54, 1.807) is 6.92 Å². The van der Waals surface area contributed by atoms with Gasteiger partial charge >= 0.3 is 0 Å². The van der Waals surface area contributed by atoms with Crippen LogP contribution in [0.1, 0.15) is 38.7 Å². The summed E-state index contributed by atoms with van der Waals surface area (Å²) in [6.45, 7) is 3.69. The third-order valence-corrected chi connectivity index (χ3v) is 5.00. The zero-order valence-corrected chi connectivity index (χ0v) is 15.4. The van der Waals surface area contributed by atoms with Gasteiger partial charge in [-0.25, -0.2) is 0 Å². The lowest BCUT2D eigenvalue weighted by molar-refractivity contribution is -0.128. The lowest BCUT2D eigenvalue weighted by Crippen LogP contribution is -2.45. The summed E-state index contributed by atoms with van der Waals surface area (Å²) in [5.41, 5.74) is 5.87. The van der Waals surface area contributed by atoms with Crippen LogP contribution in [0.2, 0.25) is 0 Å². The molecule has 0 aromatic heterocycles. The first kappa shape index (κ1) is 20.1. The predicted molar refractivity (Wildman–Crippen MR) is 98.0 cm³/mol. The van der Waals surface area contributed by atoms with Gasteiger partial charge < -0.3 is 15.8 Å². The van der Waals surface area contributed by atoms with Crippen LogP contribution in [0.3, 0.4) is 0 Å². The molecule has 3 atom stereocenters. The topological polar surface area (TPSA) is 98.5 Å². The van der Waals surface area contributed by atoms with Gasteiger partial charge in [-0.05, 0) is 31.2 Å². The van der Waals surface area contributed by atoms with Gasteiger partial charge in [-0.1, -0.05) is 44.2 Å². The normalized spacial score (nSPS) is 22.0. The number of carbonyl (C=O) groups is 3. The van der Waals surface area contributed by atoms with Crippen LogP contribution in [-0.2, 0) is 25.5 Å². The highest BCUT2D eigenvalue weighted by Crippen LogP contribution is 2.29. The highest BCUT2D eigenvalue weighted by Gasteiger charge is 2.36. The number of aryl methyl sites for hydroxylation is 1. The van der Waals surface area contributed by atoms with Crippen LogP contribution in [0.5, 0.6) is 0 Å². The molecule has 1 saturated heterocycles. The van der Waals surface area contributed by atoms with E-state index in [2.05, 4.69) is 5.32 Å². The molecule has 6 heteroatoms. The number of hydrogen-bond acceptors (Lipinski definition) is 4. The lowest BCUT2D eigenvalue weighted by Gasteiger charge is -2.26. The molecule has 141 valence electrons. The number of hydrogen-bond donors (Lipinski definition) is 2. The van der Waals surface area contributed by atoms with Gasteiger partial charge in [0.25, 0.3) is 0 Å². The standard InChI is InChI=1S/C20H27N2O4/c1-3-16-18(15(23)13-26-16)22-17(24)10-12-20(2,19(21)25)11-9-14-7-5-4-6-8-14/h4-8,10,16,18H,3,9,11-13H2,1-2H3,(H2,21,25)(H,22,24)/t16-,18?,20?/m0/s1. The van der Waals surface area contributed by atoms with Crippen LogP contribution in [0.15, 0.2) is 30.3 Å². The van der Waals surface area contributed by atoms with Crippen molar-refractivity contribution in [3.05, 3.63) is 42.3 Å². The second-order valence-corrected chi connectivity index (χ2v) is 7.03. The van der Waals surface area contributed by atoms with E-state index < -0.39 is 17.4 Å². The molecule has 0 bridgehead atoms. The molecule has 0 saturated carbocycles. The number of primary amides is 1. The van der Waals surface area contributed by atoms with Crippen molar-refractivity contribution in [2.45, 2.75) is 51.7 Å². The van der Waals surface area contributed by atoms with Crippen LogP contribution < -0.4 is 11.1 Å². The van der Waals surface area contributed by atoms with Crippen LogP contribution >= 0.6 is 0 Å². The predicted octanol–water partition coefficient (Wildman–Crippen LogP) is 1.57. The fourth-order valence-electron chi connectivity index (χ4n) is 3.03. The van der Waals surface area contributed by atoms with Crippen LogP contribution in [0.4, 0.5) is 0 Å². The zero-order valence-electron chi connectivity index (χ0n) is 15.4. The number of amides is 2. The quantitative estimate of drug-likeness (QED) is 0.699. The van der Waals surface area contributed by atoms with Crippen molar-refractivity contribution in [2.75, 3.05) is 6.61 Å². The molecule has 2 rings (SSSR count). The van der Waals surface area contributed by atoms with Crippen molar-refractivity contribution in [3.8, 4) is 0 Å². The Hall–Kier alpha value is -2.21. The molecule has 3 N–H and O–H groups in total. The average Bonchev–Trinajstić information content (AvgIpc) is 2.98. The van der Waals surface area contributed by atoms with Crippen LogP contribution in [0.25, 0.3) is 0 Å². The molecule has 6 nitrogen and oxygen atoms in total. The molecule has 1 aromatic carbocycles. The Kier molecular flexibility index (Phi) is 6.91. The van der Waals surface area contributed by atoms with Crippen molar-refractivity contribution in [3.63, 3.8) is 0 Å². The van der Waals surface area contributed by atoms with E-state index in [1.165, 1.54) is 6.42 Å². The maximum atomic E-state index is 12.2. The van der Waals surface area contributed by atoms with E-state index in [9.17, 15) is 14.4 Å². The molecule has 26 heavy (non-hydrogen) atoms. The van der Waals surface area contributed by atoms with E-state index in [4.69, 9.17) is 10.5 Å². The van der Waals surface area contributed by atoms with Gasteiger partial charge in [-0.3, -0.25) is 14.4 Å². The fourth-order valence-corrected chi connectivity index (χ4v) is 3.03. The van der Waals surface area contributed by atoms with E-state index >= 15 is 0 Å². The van der Waals surface area contributed by atoms with Gasteiger partial charge in [0.1, 0.15) is 12.6 Å². The molecule has 0 spiro atoms. The fraction of sp³-hybridized carbons (Fsp3) is 0.500. The molecule has 1 aromatic rings. The number of ketones is 1. The molecule has 2 unspecified atom stereocenters. The maximum Gasteiger partial charge on any atom is 0.224 e. The van der Waals surface area contributed by atoms with Gasteiger partial charge in [0, 0.05) is 5.41 Å². The van der Waals surface area contributed by atoms with E-state index in [0.29, 0.717) is 19.3 Å². The second-order valence-electron chi connectivity index (χ2n) is 7.03. The Balaban J connectivity index is 1.89. The van der Waals surface area contributed by atoms with Gasteiger partial charge in [-0.2, -0.15) is 0 Å². The Bertz CT molecular complexity index is 646. The maximum absolute atomic E-state index is 12.2. The number of rotatable bonds is 9. The highest BCUT2D eigenvalue weighted by atomic mass is 16.5. The number of nitrogens with two attached hydrogens (primary N) is 1. The Morgan fingerprint density at radius 2 is 2.04 bits per heavy atom. The number of ether oxygens (including phenoxy) is 1. The molecule has 1 aliphatic rings. The third kappa shape index (κ3) is 5.14. The van der Waals surface area contributed by atoms with E-state index in [1.807, 2.05) is 37.3 Å². The SMILES string of the molecule is CC[C@@H]1OCC(=O)C1NC(=O)[CH]CC(C)(CCc1ccccc1)C(N)=O. The molecule has 1 fully saturated rings. The Labute approximate surface area is 154 Å². The van der Waals surface area contributed by atoms with Crippen molar-refractivity contribution in [2.24, 2.45) is 11.1 Å². The average molecular weight is 359 g/mol. The van der Waals surface area contributed by atoms with Gasteiger partial charge in [0.2, 0.25) is 11.8 Å². The summed E-state index contributed by atoms with van der Waals surface area (Å²) >= 11 is 0. The Morgan fingerprint density at radius 1 is 1.35 bits per heavy atom. The zero-order chi connectivity index (χ0) is 19.2. The van der Waals surface area contributed by atoms with Crippen molar-refractivity contribution in [1.82, 2.24) is 5.32 Å². The van der Waals surface area contributed by atoms with Crippen molar-refractivity contribution < 1.29 is 19.1 Å². The Morgan fingerprint density at radius 3 is 2.65 bits per heavy atom. The number of Topliss-reactive ketones (excluding diaryl/α,β-unsaturated/α-hetero) is 1. The number of carbonyl (C=O) groups excluding carboxylic acids is 3. The summed E-state index contributed by atoms with van der Waals surface area (Å²) in [4.78, 5) is 36.0. The number of benzene rings is 1. The highest BCUT2D eigenvalue weighted by molar-refractivity contribution is 5.94. The largest absolute Gasteiger partial charge is 0.369 e. The van der Waals surface area contributed by atoms with Crippen molar-refractivity contribution >= 4 is 17.6 Å². The van der Waals surface area contributed by atoms with Crippen LogP contribution in [0, 0.1) is 11.8 Å². The third-order valence-electron chi connectivity index (χ3n) is 5.00. The molecular weight excluding hydrogens is 332 g/mol. The molecule has 1 radical (unpaired) electrons. The smallest absolute Gasteiger partial charge is 0.224 e. The van der Waals surface area contributed by atoms with Crippen molar-refractivity contribution in [1.29, 1.82) is 0 Å². The van der Waals surface area contributed by atoms with Gasteiger partial charge in [0.05, 0.1) is 12.5 Å². The monoisotopic (exact) mass is 359 g/mol. The van der Waals surface area contributed by atoms with Gasteiger partial charge in [0.15, 0.2) is 5.78 Å². The molecule has 2 amide bonds. The summed E-state index contributed by atoms with van der Waals surface area (Å²) in [5, 5.41) is 2.69. The number of nitrogens with one attached hydrogen (secondary N) is 1. The molecule has 1 heterocycles. The summed E-state index contributed by atoms with van der Waals surface area (Å²) in [6, 6.07) is 9.20. The molecule has 0 aliphatic carbocycles. The van der Waals surface area contributed by atoms with E-state index in [-0.39, 0.29) is 30.8 Å². The minimum atomic E-state index is -0.826. The summed E-state index contributed by atoms with van der Waals surface area (Å²) in [7, 11) is 0. The summed E-state index contributed by atoms with van der Waals surface area (Å²) in [6.07, 6.45) is 3.22. The summed E-state index contributed by atoms with van der Waals surface area (Å²) in [5.74, 6) is -0.941. The first-order chi connectivity index (χ1) is 12.4. The minimum absolute atomic E-state index is 0.0273.